The second-order valence-electron chi connectivity index (χ2n) is 5.29. The summed E-state index contributed by atoms with van der Waals surface area (Å²) < 4.78 is 38.7. The number of thiazole rings is 1. The van der Waals surface area contributed by atoms with Crippen molar-refractivity contribution >= 4 is 27.5 Å². The van der Waals surface area contributed by atoms with Crippen molar-refractivity contribution in [3.8, 4) is 0 Å². The molecular formula is C14H14F3N3OS. The van der Waals surface area contributed by atoms with E-state index >= 15 is 0 Å². The third-order valence-corrected chi connectivity index (χ3v) is 4.71. The Bertz CT molecular complexity index is 705. The molecule has 0 radical (unpaired) electrons. The largest absolute Gasteiger partial charge is 0.416 e. The summed E-state index contributed by atoms with van der Waals surface area (Å²) >= 11 is 1.14. The van der Waals surface area contributed by atoms with E-state index in [9.17, 15) is 18.0 Å². The number of likely N-dealkylation sites (N-methyl/N-ethyl adjacent to an activating group) is 1. The minimum atomic E-state index is -4.40. The average molecular weight is 329 g/mol. The minimum Gasteiger partial charge on any atom is -0.334 e. The second kappa shape index (κ2) is 5.51. The third kappa shape index (κ3) is 2.93. The fraction of sp³-hybridized carbons (Fsp3) is 0.429. The van der Waals surface area contributed by atoms with Gasteiger partial charge in [-0.2, -0.15) is 13.2 Å². The van der Waals surface area contributed by atoms with Gasteiger partial charge in [0.15, 0.2) is 5.01 Å². The van der Waals surface area contributed by atoms with Gasteiger partial charge < -0.3 is 9.80 Å². The van der Waals surface area contributed by atoms with Gasteiger partial charge in [0.05, 0.1) is 15.8 Å². The predicted octanol–water partition coefficient (Wildman–Crippen LogP) is 2.70. The molecule has 1 aromatic heterocycles. The Morgan fingerprint density at radius 3 is 2.55 bits per heavy atom. The highest BCUT2D eigenvalue weighted by Crippen LogP contribution is 2.33. The molecule has 3 rings (SSSR count). The molecule has 1 saturated heterocycles. The Morgan fingerprint density at radius 2 is 1.91 bits per heavy atom. The molecule has 0 spiro atoms. The van der Waals surface area contributed by atoms with Crippen molar-refractivity contribution in [1.29, 1.82) is 0 Å². The lowest BCUT2D eigenvalue weighted by Crippen LogP contribution is -2.47. The Labute approximate surface area is 129 Å². The zero-order valence-corrected chi connectivity index (χ0v) is 12.7. The number of rotatable bonds is 1. The van der Waals surface area contributed by atoms with E-state index in [1.54, 1.807) is 4.90 Å². The van der Waals surface area contributed by atoms with Crippen LogP contribution in [-0.2, 0) is 6.18 Å². The molecule has 1 amide bonds. The smallest absolute Gasteiger partial charge is 0.334 e. The topological polar surface area (TPSA) is 36.4 Å². The number of halogens is 3. The van der Waals surface area contributed by atoms with Crippen molar-refractivity contribution in [2.75, 3.05) is 33.2 Å². The van der Waals surface area contributed by atoms with Gasteiger partial charge >= 0.3 is 6.18 Å². The highest BCUT2D eigenvalue weighted by Gasteiger charge is 2.31. The van der Waals surface area contributed by atoms with E-state index in [-0.39, 0.29) is 16.4 Å². The number of alkyl halides is 3. The Balaban J connectivity index is 1.87. The van der Waals surface area contributed by atoms with E-state index in [1.807, 2.05) is 7.05 Å². The van der Waals surface area contributed by atoms with Gasteiger partial charge in [0.2, 0.25) is 0 Å². The molecular weight excluding hydrogens is 315 g/mol. The van der Waals surface area contributed by atoms with E-state index in [4.69, 9.17) is 0 Å². The lowest BCUT2D eigenvalue weighted by atomic mass is 10.2. The average Bonchev–Trinajstić information content (AvgIpc) is 2.89. The standard InChI is InChI=1S/C14H14F3N3OS/c1-19-4-6-20(7-5-19)13(21)12-18-10-8-9(14(15,16)17)2-3-11(10)22-12/h2-3,8H,4-7H2,1H3. The van der Waals surface area contributed by atoms with E-state index in [0.29, 0.717) is 17.8 Å². The summed E-state index contributed by atoms with van der Waals surface area (Å²) in [5, 5.41) is 0.249. The van der Waals surface area contributed by atoms with E-state index in [2.05, 4.69) is 9.88 Å². The van der Waals surface area contributed by atoms with Crippen LogP contribution in [0.3, 0.4) is 0 Å². The first-order valence-corrected chi connectivity index (χ1v) is 7.62. The third-order valence-electron chi connectivity index (χ3n) is 3.69. The molecule has 1 aliphatic heterocycles. The summed E-state index contributed by atoms with van der Waals surface area (Å²) in [6, 6.07) is 3.38. The highest BCUT2D eigenvalue weighted by atomic mass is 32.1. The van der Waals surface area contributed by atoms with Gasteiger partial charge in [-0.05, 0) is 25.2 Å². The molecule has 8 heteroatoms. The maximum atomic E-state index is 12.7. The van der Waals surface area contributed by atoms with Crippen LogP contribution in [0, 0.1) is 0 Å². The summed E-state index contributed by atoms with van der Waals surface area (Å²) in [5.74, 6) is -0.206. The van der Waals surface area contributed by atoms with Gasteiger partial charge in [-0.3, -0.25) is 4.79 Å². The number of piperazine rings is 1. The van der Waals surface area contributed by atoms with Crippen LogP contribution in [0.2, 0.25) is 0 Å². The zero-order chi connectivity index (χ0) is 15.9. The van der Waals surface area contributed by atoms with Crippen molar-refractivity contribution in [2.24, 2.45) is 0 Å². The van der Waals surface area contributed by atoms with Gasteiger partial charge in [-0.15, -0.1) is 11.3 Å². The van der Waals surface area contributed by atoms with Gasteiger partial charge in [0.1, 0.15) is 0 Å². The number of hydrogen-bond donors (Lipinski definition) is 0. The Hall–Kier alpha value is -1.67. The van der Waals surface area contributed by atoms with Crippen molar-refractivity contribution in [3.63, 3.8) is 0 Å². The normalized spacial score (nSPS) is 17.2. The first-order chi connectivity index (χ1) is 10.3. The molecule has 0 N–H and O–H groups in total. The molecule has 1 fully saturated rings. The van der Waals surface area contributed by atoms with Crippen LogP contribution < -0.4 is 0 Å². The van der Waals surface area contributed by atoms with Crippen molar-refractivity contribution in [2.45, 2.75) is 6.18 Å². The SMILES string of the molecule is CN1CCN(C(=O)c2nc3cc(C(F)(F)F)ccc3s2)CC1. The van der Waals surface area contributed by atoms with Crippen LogP contribution in [-0.4, -0.2) is 53.9 Å². The molecule has 2 aromatic rings. The molecule has 4 nitrogen and oxygen atoms in total. The van der Waals surface area contributed by atoms with E-state index in [0.717, 1.165) is 36.6 Å². The number of aromatic nitrogens is 1. The van der Waals surface area contributed by atoms with Gasteiger partial charge in [-0.1, -0.05) is 0 Å². The van der Waals surface area contributed by atoms with E-state index < -0.39 is 11.7 Å². The molecule has 0 unspecified atom stereocenters. The number of carbonyl (C=O) groups excluding carboxylic acids is 1. The molecule has 22 heavy (non-hydrogen) atoms. The summed E-state index contributed by atoms with van der Waals surface area (Å²) in [7, 11) is 1.98. The molecule has 1 aliphatic rings. The fourth-order valence-electron chi connectivity index (χ4n) is 2.34. The first-order valence-electron chi connectivity index (χ1n) is 6.80. The molecule has 1 aromatic carbocycles. The summed E-state index contributed by atoms with van der Waals surface area (Å²) in [6.45, 7) is 2.79. The molecule has 0 saturated carbocycles. The van der Waals surface area contributed by atoms with E-state index in [1.165, 1.54) is 6.07 Å². The molecule has 0 bridgehead atoms. The Morgan fingerprint density at radius 1 is 1.23 bits per heavy atom. The van der Waals surface area contributed by atoms with Crippen LogP contribution in [0.15, 0.2) is 18.2 Å². The van der Waals surface area contributed by atoms with Crippen LogP contribution in [0.4, 0.5) is 13.2 Å². The van der Waals surface area contributed by atoms with Crippen LogP contribution in [0.5, 0.6) is 0 Å². The van der Waals surface area contributed by atoms with Crippen LogP contribution >= 0.6 is 11.3 Å². The van der Waals surface area contributed by atoms with Gasteiger partial charge in [-0.25, -0.2) is 4.98 Å². The maximum absolute atomic E-state index is 12.7. The lowest BCUT2D eigenvalue weighted by Gasteiger charge is -2.31. The maximum Gasteiger partial charge on any atom is 0.416 e. The minimum absolute atomic E-state index is 0.206. The van der Waals surface area contributed by atoms with Crippen LogP contribution in [0.25, 0.3) is 10.2 Å². The summed E-state index contributed by atoms with van der Waals surface area (Å²) in [6.07, 6.45) is -4.40. The number of nitrogens with zero attached hydrogens (tertiary/aromatic N) is 3. The quantitative estimate of drug-likeness (QED) is 0.807. The van der Waals surface area contributed by atoms with Gasteiger partial charge in [0, 0.05) is 26.2 Å². The molecule has 0 atom stereocenters. The van der Waals surface area contributed by atoms with Crippen molar-refractivity contribution in [1.82, 2.24) is 14.8 Å². The number of benzene rings is 1. The first kappa shape index (κ1) is 15.2. The monoisotopic (exact) mass is 329 g/mol. The number of carbonyl (C=O) groups is 1. The molecule has 2 heterocycles. The molecule has 0 aliphatic carbocycles. The highest BCUT2D eigenvalue weighted by molar-refractivity contribution is 7.20. The number of hydrogen-bond acceptors (Lipinski definition) is 4. The summed E-state index contributed by atoms with van der Waals surface area (Å²) in [5.41, 5.74) is -0.527. The number of amides is 1. The Kier molecular flexibility index (Phi) is 3.82. The van der Waals surface area contributed by atoms with Gasteiger partial charge in [0.25, 0.3) is 5.91 Å². The predicted molar refractivity (Wildman–Crippen MR) is 78.0 cm³/mol. The number of fused-ring (bicyclic) bond motifs is 1. The second-order valence-corrected chi connectivity index (χ2v) is 6.33. The zero-order valence-electron chi connectivity index (χ0n) is 11.9. The molecule has 118 valence electrons. The van der Waals surface area contributed by atoms with Crippen LogP contribution in [0.1, 0.15) is 15.4 Å². The van der Waals surface area contributed by atoms with Crippen molar-refractivity contribution < 1.29 is 18.0 Å². The fourth-order valence-corrected chi connectivity index (χ4v) is 3.25. The summed E-state index contributed by atoms with van der Waals surface area (Å²) in [4.78, 5) is 20.3. The lowest BCUT2D eigenvalue weighted by molar-refractivity contribution is -0.137. The van der Waals surface area contributed by atoms with Crippen molar-refractivity contribution in [3.05, 3.63) is 28.8 Å².